The van der Waals surface area contributed by atoms with E-state index in [2.05, 4.69) is 5.32 Å². The lowest BCUT2D eigenvalue weighted by Crippen LogP contribution is -2.52. The molecule has 112 valence electrons. The molecule has 5 nitrogen and oxygen atoms in total. The molecular formula is C16H21N3O2. The van der Waals surface area contributed by atoms with E-state index in [-0.39, 0.29) is 11.8 Å². The summed E-state index contributed by atoms with van der Waals surface area (Å²) in [6.45, 7) is 2.91. The van der Waals surface area contributed by atoms with Crippen LogP contribution in [-0.4, -0.2) is 60.4 Å². The SMILES string of the molecule is O=C(CNC1CC1)N1CCN(C(=O)c2ccccc2)CC1. The van der Waals surface area contributed by atoms with Crippen molar-refractivity contribution in [2.45, 2.75) is 18.9 Å². The standard InChI is InChI=1S/C16H21N3O2/c20-15(12-17-14-6-7-14)18-8-10-19(11-9-18)16(21)13-4-2-1-3-5-13/h1-5,14,17H,6-12H2. The summed E-state index contributed by atoms with van der Waals surface area (Å²) in [5.74, 6) is 0.201. The van der Waals surface area contributed by atoms with E-state index in [1.165, 1.54) is 12.8 Å². The average molecular weight is 287 g/mol. The van der Waals surface area contributed by atoms with Gasteiger partial charge in [-0.25, -0.2) is 0 Å². The molecule has 1 saturated heterocycles. The summed E-state index contributed by atoms with van der Waals surface area (Å²) in [5, 5.41) is 3.24. The predicted octanol–water partition coefficient (Wildman–Crippen LogP) is 0.723. The van der Waals surface area contributed by atoms with Gasteiger partial charge in [0.15, 0.2) is 0 Å². The molecule has 0 spiro atoms. The van der Waals surface area contributed by atoms with Crippen LogP contribution >= 0.6 is 0 Å². The third kappa shape index (κ3) is 3.61. The number of carbonyl (C=O) groups excluding carboxylic acids is 2. The van der Waals surface area contributed by atoms with Crippen LogP contribution in [0.5, 0.6) is 0 Å². The summed E-state index contributed by atoms with van der Waals surface area (Å²) in [5.41, 5.74) is 0.715. The number of amides is 2. The molecule has 0 radical (unpaired) electrons. The van der Waals surface area contributed by atoms with Crippen molar-refractivity contribution in [3.63, 3.8) is 0 Å². The van der Waals surface area contributed by atoms with Gasteiger partial charge in [-0.05, 0) is 25.0 Å². The maximum absolute atomic E-state index is 12.3. The number of piperazine rings is 1. The lowest BCUT2D eigenvalue weighted by Gasteiger charge is -2.35. The van der Waals surface area contributed by atoms with E-state index < -0.39 is 0 Å². The summed E-state index contributed by atoms with van der Waals surface area (Å²) in [7, 11) is 0. The second-order valence-corrected chi connectivity index (χ2v) is 5.69. The first-order valence-electron chi connectivity index (χ1n) is 7.59. The first-order chi connectivity index (χ1) is 10.2. The lowest BCUT2D eigenvalue weighted by molar-refractivity contribution is -0.131. The molecule has 1 aromatic carbocycles. The smallest absolute Gasteiger partial charge is 0.253 e. The highest BCUT2D eigenvalue weighted by Gasteiger charge is 2.26. The van der Waals surface area contributed by atoms with Crippen LogP contribution in [0.2, 0.25) is 0 Å². The average Bonchev–Trinajstić information content (AvgIpc) is 3.37. The van der Waals surface area contributed by atoms with Gasteiger partial charge in [0.05, 0.1) is 6.54 Å². The normalized spacial score (nSPS) is 18.7. The lowest BCUT2D eigenvalue weighted by atomic mass is 10.2. The molecule has 2 amide bonds. The van der Waals surface area contributed by atoms with Crippen molar-refractivity contribution in [3.05, 3.63) is 35.9 Å². The van der Waals surface area contributed by atoms with Gasteiger partial charge in [0, 0.05) is 37.8 Å². The highest BCUT2D eigenvalue weighted by atomic mass is 16.2. The first kappa shape index (κ1) is 14.1. The van der Waals surface area contributed by atoms with Crippen molar-refractivity contribution in [1.82, 2.24) is 15.1 Å². The van der Waals surface area contributed by atoms with Crippen LogP contribution in [-0.2, 0) is 4.79 Å². The minimum absolute atomic E-state index is 0.0544. The van der Waals surface area contributed by atoms with Crippen molar-refractivity contribution < 1.29 is 9.59 Å². The van der Waals surface area contributed by atoms with Crippen LogP contribution in [0.1, 0.15) is 23.2 Å². The zero-order chi connectivity index (χ0) is 14.7. The van der Waals surface area contributed by atoms with Crippen LogP contribution in [0.3, 0.4) is 0 Å². The molecule has 0 aromatic heterocycles. The van der Waals surface area contributed by atoms with Gasteiger partial charge in [-0.3, -0.25) is 9.59 Å². The molecule has 1 heterocycles. The Morgan fingerprint density at radius 3 is 2.24 bits per heavy atom. The molecule has 1 aromatic rings. The molecule has 1 N–H and O–H groups in total. The van der Waals surface area contributed by atoms with Crippen LogP contribution in [0.4, 0.5) is 0 Å². The van der Waals surface area contributed by atoms with Crippen LogP contribution < -0.4 is 5.32 Å². The van der Waals surface area contributed by atoms with Gasteiger partial charge in [-0.2, -0.15) is 0 Å². The monoisotopic (exact) mass is 287 g/mol. The number of hydrogen-bond donors (Lipinski definition) is 1. The van der Waals surface area contributed by atoms with Crippen molar-refractivity contribution >= 4 is 11.8 Å². The Morgan fingerprint density at radius 1 is 1.00 bits per heavy atom. The fraction of sp³-hybridized carbons (Fsp3) is 0.500. The van der Waals surface area contributed by atoms with E-state index in [4.69, 9.17) is 0 Å². The molecule has 1 saturated carbocycles. The fourth-order valence-corrected chi connectivity index (χ4v) is 2.55. The number of nitrogens with zero attached hydrogens (tertiary/aromatic N) is 2. The summed E-state index contributed by atoms with van der Waals surface area (Å²) >= 11 is 0. The highest BCUT2D eigenvalue weighted by Crippen LogP contribution is 2.18. The summed E-state index contributed by atoms with van der Waals surface area (Å²) in [6, 6.07) is 9.86. The Labute approximate surface area is 124 Å². The van der Waals surface area contributed by atoms with Gasteiger partial charge < -0.3 is 15.1 Å². The molecule has 21 heavy (non-hydrogen) atoms. The quantitative estimate of drug-likeness (QED) is 0.888. The minimum Gasteiger partial charge on any atom is -0.338 e. The molecule has 0 bridgehead atoms. The molecule has 3 rings (SSSR count). The second kappa shape index (κ2) is 6.26. The molecule has 0 unspecified atom stereocenters. The number of hydrogen-bond acceptors (Lipinski definition) is 3. The fourth-order valence-electron chi connectivity index (χ4n) is 2.55. The molecular weight excluding hydrogens is 266 g/mol. The molecule has 1 aliphatic carbocycles. The third-order valence-electron chi connectivity index (χ3n) is 4.06. The molecule has 5 heteroatoms. The minimum atomic E-state index is 0.0544. The van der Waals surface area contributed by atoms with E-state index >= 15 is 0 Å². The van der Waals surface area contributed by atoms with Gasteiger partial charge >= 0.3 is 0 Å². The Balaban J connectivity index is 1.48. The van der Waals surface area contributed by atoms with Crippen molar-refractivity contribution in [2.24, 2.45) is 0 Å². The zero-order valence-electron chi connectivity index (χ0n) is 12.1. The van der Waals surface area contributed by atoms with Gasteiger partial charge in [0.25, 0.3) is 5.91 Å². The number of rotatable bonds is 4. The predicted molar refractivity (Wildman–Crippen MR) is 80.0 cm³/mol. The maximum atomic E-state index is 12.3. The van der Waals surface area contributed by atoms with Crippen LogP contribution in [0.25, 0.3) is 0 Å². The van der Waals surface area contributed by atoms with E-state index in [0.29, 0.717) is 44.3 Å². The Hall–Kier alpha value is -1.88. The summed E-state index contributed by atoms with van der Waals surface area (Å²) < 4.78 is 0. The number of nitrogens with one attached hydrogen (secondary N) is 1. The van der Waals surface area contributed by atoms with Gasteiger partial charge in [-0.1, -0.05) is 18.2 Å². The topological polar surface area (TPSA) is 52.7 Å². The molecule has 0 atom stereocenters. The third-order valence-corrected chi connectivity index (χ3v) is 4.06. The molecule has 2 aliphatic rings. The summed E-state index contributed by atoms with van der Waals surface area (Å²) in [6.07, 6.45) is 2.37. The van der Waals surface area contributed by atoms with Crippen LogP contribution in [0.15, 0.2) is 30.3 Å². The number of carbonyl (C=O) groups is 2. The first-order valence-corrected chi connectivity index (χ1v) is 7.59. The van der Waals surface area contributed by atoms with Crippen LogP contribution in [0, 0.1) is 0 Å². The van der Waals surface area contributed by atoms with Crippen molar-refractivity contribution in [3.8, 4) is 0 Å². The van der Waals surface area contributed by atoms with Crippen molar-refractivity contribution in [2.75, 3.05) is 32.7 Å². The number of benzene rings is 1. The van der Waals surface area contributed by atoms with E-state index in [1.807, 2.05) is 40.1 Å². The zero-order valence-corrected chi connectivity index (χ0v) is 12.1. The summed E-state index contributed by atoms with van der Waals surface area (Å²) in [4.78, 5) is 28.0. The van der Waals surface area contributed by atoms with Gasteiger partial charge in [0.2, 0.25) is 5.91 Å². The molecule has 2 fully saturated rings. The highest BCUT2D eigenvalue weighted by molar-refractivity contribution is 5.94. The van der Waals surface area contributed by atoms with Gasteiger partial charge in [0.1, 0.15) is 0 Å². The Kier molecular flexibility index (Phi) is 4.20. The maximum Gasteiger partial charge on any atom is 0.253 e. The Morgan fingerprint density at radius 2 is 1.62 bits per heavy atom. The largest absolute Gasteiger partial charge is 0.338 e. The van der Waals surface area contributed by atoms with E-state index in [9.17, 15) is 9.59 Å². The van der Waals surface area contributed by atoms with Crippen molar-refractivity contribution in [1.29, 1.82) is 0 Å². The van der Waals surface area contributed by atoms with E-state index in [0.717, 1.165) is 0 Å². The Bertz CT molecular complexity index is 506. The molecule has 1 aliphatic heterocycles. The second-order valence-electron chi connectivity index (χ2n) is 5.69. The van der Waals surface area contributed by atoms with E-state index in [1.54, 1.807) is 0 Å². The van der Waals surface area contributed by atoms with Gasteiger partial charge in [-0.15, -0.1) is 0 Å².